The zero-order valence-electron chi connectivity index (χ0n) is 8.37. The first-order valence-electron chi connectivity index (χ1n) is 4.34. The number of hydrogen-bond acceptors (Lipinski definition) is 3. The monoisotopic (exact) mass is 259 g/mol. The lowest BCUT2D eigenvalue weighted by Gasteiger charge is -2.14. The second-order valence-electron chi connectivity index (χ2n) is 3.35. The molecule has 0 amide bonds. The van der Waals surface area contributed by atoms with Crippen LogP contribution in [-0.2, 0) is 4.79 Å². The van der Waals surface area contributed by atoms with E-state index in [4.69, 9.17) is 0 Å². The van der Waals surface area contributed by atoms with E-state index in [1.807, 2.05) is 20.8 Å². The molecule has 1 heterocycles. The lowest BCUT2D eigenvalue weighted by molar-refractivity contribution is -0.306. The summed E-state index contributed by atoms with van der Waals surface area (Å²) in [4.78, 5) is 10.4. The molecule has 78 valence electrons. The molecule has 0 radical (unpaired) electrons. The molecule has 0 aliphatic heterocycles. The predicted molar refractivity (Wildman–Crippen MR) is 53.7 cm³/mol. The van der Waals surface area contributed by atoms with Crippen LogP contribution >= 0.6 is 15.9 Å². The molecule has 0 unspecified atom stereocenters. The van der Waals surface area contributed by atoms with E-state index in [-0.39, 0.29) is 12.5 Å². The first kappa shape index (κ1) is 11.2. The summed E-state index contributed by atoms with van der Waals surface area (Å²) in [6, 6.07) is -0.176. The third-order valence-electron chi connectivity index (χ3n) is 2.12. The summed E-state index contributed by atoms with van der Waals surface area (Å²) in [6.45, 7) is 5.58. The van der Waals surface area contributed by atoms with Crippen molar-refractivity contribution < 1.29 is 9.90 Å². The van der Waals surface area contributed by atoms with Crippen LogP contribution in [0.25, 0.3) is 0 Å². The van der Waals surface area contributed by atoms with E-state index in [0.29, 0.717) is 0 Å². The molecule has 0 spiro atoms. The number of hydrogen-bond donors (Lipinski definition) is 0. The van der Waals surface area contributed by atoms with Crippen LogP contribution < -0.4 is 5.11 Å². The molecule has 5 heteroatoms. The zero-order chi connectivity index (χ0) is 10.9. The van der Waals surface area contributed by atoms with Crippen LogP contribution in [0.2, 0.25) is 0 Å². The van der Waals surface area contributed by atoms with Crippen LogP contribution in [0.4, 0.5) is 0 Å². The van der Waals surface area contributed by atoms with E-state index < -0.39 is 5.97 Å². The first-order chi connectivity index (χ1) is 6.43. The number of nitrogens with zero attached hydrogens (tertiary/aromatic N) is 2. The highest BCUT2D eigenvalue weighted by Crippen LogP contribution is 2.23. The Bertz CT molecular complexity index is 360. The van der Waals surface area contributed by atoms with Crippen LogP contribution in [0, 0.1) is 13.8 Å². The van der Waals surface area contributed by atoms with Crippen LogP contribution in [0.5, 0.6) is 0 Å². The molecule has 0 aromatic carbocycles. The highest BCUT2D eigenvalue weighted by molar-refractivity contribution is 9.10. The van der Waals surface area contributed by atoms with Crippen molar-refractivity contribution in [1.29, 1.82) is 0 Å². The Hall–Kier alpha value is -0.840. The molecule has 1 rings (SSSR count). The first-order valence-corrected chi connectivity index (χ1v) is 5.13. The summed E-state index contributed by atoms with van der Waals surface area (Å²) in [5, 5.41) is 14.7. The number of carboxylic acid groups (broad SMARTS) is 1. The average Bonchev–Trinajstić information content (AvgIpc) is 2.32. The molecule has 0 aliphatic rings. The fourth-order valence-corrected chi connectivity index (χ4v) is 1.66. The van der Waals surface area contributed by atoms with Gasteiger partial charge in [0.1, 0.15) is 0 Å². The average molecular weight is 260 g/mol. The van der Waals surface area contributed by atoms with Gasteiger partial charge in [0, 0.05) is 12.4 Å². The van der Waals surface area contributed by atoms with Gasteiger partial charge in [0.2, 0.25) is 0 Å². The largest absolute Gasteiger partial charge is 0.550 e. The molecular formula is C9H12BrN2O2-. The lowest BCUT2D eigenvalue weighted by Crippen LogP contribution is -2.26. The molecular weight excluding hydrogens is 248 g/mol. The van der Waals surface area contributed by atoms with Gasteiger partial charge in [0.15, 0.2) is 0 Å². The lowest BCUT2D eigenvalue weighted by atomic mass is 10.2. The number of carbonyl (C=O) groups excluding carboxylic acids is 1. The molecule has 0 bridgehead atoms. The number of aliphatic carboxylic acids is 1. The SMILES string of the molecule is Cc1nn([C@@H](C)CC(=O)[O-])c(C)c1Br. The van der Waals surface area contributed by atoms with Crippen molar-refractivity contribution in [2.75, 3.05) is 0 Å². The molecule has 0 saturated heterocycles. The molecule has 14 heavy (non-hydrogen) atoms. The highest BCUT2D eigenvalue weighted by atomic mass is 79.9. The third kappa shape index (κ3) is 2.15. The van der Waals surface area contributed by atoms with Crippen LogP contribution in [0.1, 0.15) is 30.8 Å². The van der Waals surface area contributed by atoms with Crippen LogP contribution in [0.3, 0.4) is 0 Å². The van der Waals surface area contributed by atoms with Crippen molar-refractivity contribution in [3.63, 3.8) is 0 Å². The van der Waals surface area contributed by atoms with Gasteiger partial charge in [0.25, 0.3) is 0 Å². The summed E-state index contributed by atoms with van der Waals surface area (Å²) < 4.78 is 2.64. The zero-order valence-corrected chi connectivity index (χ0v) is 9.96. The van der Waals surface area contributed by atoms with Gasteiger partial charge in [0.05, 0.1) is 21.9 Å². The van der Waals surface area contributed by atoms with Crippen LogP contribution in [0.15, 0.2) is 4.47 Å². The topological polar surface area (TPSA) is 58.0 Å². The molecule has 0 fully saturated rings. The van der Waals surface area contributed by atoms with Crippen molar-refractivity contribution in [2.24, 2.45) is 0 Å². The fourth-order valence-electron chi connectivity index (χ4n) is 1.40. The minimum atomic E-state index is -1.05. The van der Waals surface area contributed by atoms with Crippen LogP contribution in [-0.4, -0.2) is 15.7 Å². The van der Waals surface area contributed by atoms with E-state index in [0.717, 1.165) is 15.9 Å². The Morgan fingerprint density at radius 3 is 2.57 bits per heavy atom. The minimum absolute atomic E-state index is 0.0194. The summed E-state index contributed by atoms with van der Waals surface area (Å²) in [5.74, 6) is -1.05. The maximum absolute atomic E-state index is 10.4. The number of carboxylic acids is 1. The summed E-state index contributed by atoms with van der Waals surface area (Å²) in [5.41, 5.74) is 1.81. The molecule has 1 aromatic heterocycles. The molecule has 1 aromatic rings. The summed E-state index contributed by atoms with van der Waals surface area (Å²) in [6.07, 6.45) is -0.0194. The van der Waals surface area contributed by atoms with E-state index in [9.17, 15) is 9.90 Å². The fraction of sp³-hybridized carbons (Fsp3) is 0.556. The number of carbonyl (C=O) groups is 1. The Labute approximate surface area is 91.1 Å². The van der Waals surface area contributed by atoms with Crippen molar-refractivity contribution in [2.45, 2.75) is 33.2 Å². The van der Waals surface area contributed by atoms with Crippen molar-refractivity contribution in [1.82, 2.24) is 9.78 Å². The Morgan fingerprint density at radius 2 is 2.21 bits per heavy atom. The molecule has 4 nitrogen and oxygen atoms in total. The van der Waals surface area contributed by atoms with Gasteiger partial charge in [-0.3, -0.25) is 4.68 Å². The third-order valence-corrected chi connectivity index (χ3v) is 3.26. The second kappa shape index (κ2) is 4.13. The van der Waals surface area contributed by atoms with E-state index >= 15 is 0 Å². The Balaban J connectivity index is 2.95. The standard InChI is InChI=1S/C9H13BrN2O2/c1-5(4-8(13)14)12-7(3)9(10)6(2)11-12/h5H,4H2,1-3H3,(H,13,14)/p-1/t5-/m0/s1. The molecule has 0 aliphatic carbocycles. The quantitative estimate of drug-likeness (QED) is 0.813. The van der Waals surface area contributed by atoms with E-state index in [1.54, 1.807) is 4.68 Å². The van der Waals surface area contributed by atoms with Gasteiger partial charge < -0.3 is 9.90 Å². The number of aromatic nitrogens is 2. The van der Waals surface area contributed by atoms with E-state index in [2.05, 4.69) is 21.0 Å². The number of aryl methyl sites for hydroxylation is 1. The van der Waals surface area contributed by atoms with Gasteiger partial charge in [-0.25, -0.2) is 0 Å². The molecule has 1 atom stereocenters. The highest BCUT2D eigenvalue weighted by Gasteiger charge is 2.13. The Kier molecular flexibility index (Phi) is 3.31. The number of halogens is 1. The Morgan fingerprint density at radius 1 is 1.64 bits per heavy atom. The van der Waals surface area contributed by atoms with Gasteiger partial charge in [-0.15, -0.1) is 0 Å². The van der Waals surface area contributed by atoms with Gasteiger partial charge >= 0.3 is 0 Å². The van der Waals surface area contributed by atoms with Gasteiger partial charge in [-0.2, -0.15) is 5.10 Å². The predicted octanol–water partition coefficient (Wildman–Crippen LogP) is 0.963. The smallest absolute Gasteiger partial charge is 0.0738 e. The molecule has 0 saturated carbocycles. The van der Waals surface area contributed by atoms with Gasteiger partial charge in [-0.1, -0.05) is 0 Å². The maximum atomic E-state index is 10.4. The van der Waals surface area contributed by atoms with Gasteiger partial charge in [-0.05, 0) is 36.7 Å². The normalized spacial score (nSPS) is 12.9. The van der Waals surface area contributed by atoms with Crippen molar-refractivity contribution in [3.8, 4) is 0 Å². The van der Waals surface area contributed by atoms with Crippen molar-refractivity contribution >= 4 is 21.9 Å². The maximum Gasteiger partial charge on any atom is 0.0738 e. The second-order valence-corrected chi connectivity index (χ2v) is 4.15. The van der Waals surface area contributed by atoms with Crippen molar-refractivity contribution in [3.05, 3.63) is 15.9 Å². The van der Waals surface area contributed by atoms with E-state index in [1.165, 1.54) is 0 Å². The minimum Gasteiger partial charge on any atom is -0.550 e. The summed E-state index contributed by atoms with van der Waals surface area (Å²) >= 11 is 3.39. The molecule has 0 N–H and O–H groups in total. The number of rotatable bonds is 3. The summed E-state index contributed by atoms with van der Waals surface area (Å²) in [7, 11) is 0.